The van der Waals surface area contributed by atoms with Gasteiger partial charge in [0.2, 0.25) is 5.89 Å². The second kappa shape index (κ2) is 5.17. The molecule has 2 heterocycles. The summed E-state index contributed by atoms with van der Waals surface area (Å²) in [6, 6.07) is 15.3. The highest BCUT2D eigenvalue weighted by atomic mass is 16.4. The topological polar surface area (TPSA) is 90.7 Å². The van der Waals surface area contributed by atoms with E-state index in [1.165, 1.54) is 0 Å². The number of nitrogen functional groups attached to an aromatic ring is 1. The fourth-order valence-corrected chi connectivity index (χ4v) is 2.41. The minimum Gasteiger partial charge on any atom is -0.414 e. The number of aromatic nitrogens is 4. The highest BCUT2D eigenvalue weighted by Crippen LogP contribution is 2.28. The number of nitrogens with two attached hydrogens (primary N) is 1. The first kappa shape index (κ1) is 13.4. The van der Waals surface area contributed by atoms with Gasteiger partial charge in [-0.3, -0.25) is 0 Å². The molecule has 0 atom stereocenters. The fourth-order valence-electron chi connectivity index (χ4n) is 2.41. The Bertz CT molecular complexity index is 1010. The van der Waals surface area contributed by atoms with Crippen molar-refractivity contribution in [3.05, 3.63) is 54.1 Å². The molecule has 0 aliphatic rings. The molecule has 2 N–H and O–H groups in total. The Balaban J connectivity index is 1.83. The van der Waals surface area contributed by atoms with Gasteiger partial charge in [0, 0.05) is 5.56 Å². The molecule has 2 aromatic heterocycles. The minimum absolute atomic E-state index is 0.263. The van der Waals surface area contributed by atoms with Gasteiger partial charge in [-0.15, -0.1) is 10.2 Å². The van der Waals surface area contributed by atoms with Crippen LogP contribution in [0.25, 0.3) is 34.1 Å². The zero-order valence-electron chi connectivity index (χ0n) is 12.4. The summed E-state index contributed by atoms with van der Waals surface area (Å²) in [4.78, 5) is 8.83. The molecule has 0 fully saturated rings. The van der Waals surface area contributed by atoms with Gasteiger partial charge >= 0.3 is 0 Å². The smallest absolute Gasteiger partial charge is 0.270 e. The van der Waals surface area contributed by atoms with Crippen LogP contribution in [0.4, 0.5) is 5.82 Å². The summed E-state index contributed by atoms with van der Waals surface area (Å²) < 4.78 is 5.76. The third kappa shape index (κ3) is 2.30. The number of anilines is 1. The standard InChI is InChI=1S/C17H13N5O/c1-10-6-2-3-7-11(10)16-21-22-17(23-16)14-15(18)20-13-9-5-4-8-12(13)19-14/h2-9H,1H3,(H2,18,20). The Kier molecular flexibility index (Phi) is 3.01. The number of benzene rings is 2. The molecule has 112 valence electrons. The van der Waals surface area contributed by atoms with Crippen molar-refractivity contribution in [2.24, 2.45) is 0 Å². The number of nitrogens with zero attached hydrogens (tertiary/aromatic N) is 4. The van der Waals surface area contributed by atoms with E-state index >= 15 is 0 Å². The molecule has 0 bridgehead atoms. The van der Waals surface area contributed by atoms with Crippen LogP contribution in [0.2, 0.25) is 0 Å². The van der Waals surface area contributed by atoms with Gasteiger partial charge in [-0.05, 0) is 30.7 Å². The lowest BCUT2D eigenvalue weighted by molar-refractivity contribution is 0.582. The van der Waals surface area contributed by atoms with E-state index in [0.717, 1.165) is 22.2 Å². The van der Waals surface area contributed by atoms with Crippen molar-refractivity contribution in [2.45, 2.75) is 6.92 Å². The van der Waals surface area contributed by atoms with Gasteiger partial charge in [-0.2, -0.15) is 0 Å². The van der Waals surface area contributed by atoms with Gasteiger partial charge in [0.25, 0.3) is 5.89 Å². The summed E-state index contributed by atoms with van der Waals surface area (Å²) in [6.07, 6.45) is 0. The Morgan fingerprint density at radius 1 is 0.826 bits per heavy atom. The van der Waals surface area contributed by atoms with E-state index < -0.39 is 0 Å². The molecule has 0 aliphatic carbocycles. The Morgan fingerprint density at radius 3 is 2.26 bits per heavy atom. The number of hydrogen-bond acceptors (Lipinski definition) is 6. The van der Waals surface area contributed by atoms with Crippen molar-refractivity contribution < 1.29 is 4.42 Å². The maximum atomic E-state index is 6.00. The van der Waals surface area contributed by atoms with Crippen LogP contribution in [0.3, 0.4) is 0 Å². The summed E-state index contributed by atoms with van der Waals surface area (Å²) in [5.74, 6) is 0.968. The van der Waals surface area contributed by atoms with Crippen molar-refractivity contribution in [2.75, 3.05) is 5.73 Å². The first-order chi connectivity index (χ1) is 11.2. The summed E-state index contributed by atoms with van der Waals surface area (Å²) in [7, 11) is 0. The van der Waals surface area contributed by atoms with Gasteiger partial charge in [0.15, 0.2) is 11.5 Å². The zero-order valence-corrected chi connectivity index (χ0v) is 12.4. The van der Waals surface area contributed by atoms with Gasteiger partial charge in [0.1, 0.15) is 0 Å². The van der Waals surface area contributed by atoms with Gasteiger partial charge < -0.3 is 10.2 Å². The van der Waals surface area contributed by atoms with Crippen molar-refractivity contribution in [3.8, 4) is 23.0 Å². The first-order valence-electron chi connectivity index (χ1n) is 7.14. The molecule has 0 saturated carbocycles. The molecular formula is C17H13N5O. The molecule has 0 amide bonds. The van der Waals surface area contributed by atoms with Crippen molar-refractivity contribution >= 4 is 16.9 Å². The van der Waals surface area contributed by atoms with Crippen LogP contribution in [-0.2, 0) is 0 Å². The number of hydrogen-bond donors (Lipinski definition) is 1. The lowest BCUT2D eigenvalue weighted by Crippen LogP contribution is -1.98. The van der Waals surface area contributed by atoms with E-state index in [2.05, 4.69) is 20.2 Å². The first-order valence-corrected chi connectivity index (χ1v) is 7.14. The molecule has 6 heteroatoms. The highest BCUT2D eigenvalue weighted by Gasteiger charge is 2.17. The molecule has 2 aromatic carbocycles. The summed E-state index contributed by atoms with van der Waals surface area (Å²) >= 11 is 0. The van der Waals surface area contributed by atoms with Gasteiger partial charge in [0.05, 0.1) is 11.0 Å². The number of aryl methyl sites for hydroxylation is 1. The molecule has 4 rings (SSSR count). The molecule has 0 aliphatic heterocycles. The molecule has 0 spiro atoms. The normalized spacial score (nSPS) is 11.0. The Labute approximate surface area is 132 Å². The van der Waals surface area contributed by atoms with Crippen LogP contribution < -0.4 is 5.73 Å². The lowest BCUT2D eigenvalue weighted by Gasteiger charge is -2.02. The molecule has 4 aromatic rings. The third-order valence-corrected chi connectivity index (χ3v) is 3.60. The largest absolute Gasteiger partial charge is 0.414 e. The SMILES string of the molecule is Cc1ccccc1-c1nnc(-c2nc3ccccc3nc2N)o1. The molecule has 6 nitrogen and oxygen atoms in total. The molecule has 0 radical (unpaired) electrons. The average Bonchev–Trinajstić information content (AvgIpc) is 3.04. The van der Waals surface area contributed by atoms with Crippen LogP contribution in [0, 0.1) is 6.92 Å². The van der Waals surface area contributed by atoms with Gasteiger partial charge in [-0.25, -0.2) is 9.97 Å². The third-order valence-electron chi connectivity index (χ3n) is 3.60. The Morgan fingerprint density at radius 2 is 1.48 bits per heavy atom. The quantitative estimate of drug-likeness (QED) is 0.611. The monoisotopic (exact) mass is 303 g/mol. The van der Waals surface area contributed by atoms with E-state index in [9.17, 15) is 0 Å². The van der Waals surface area contributed by atoms with Crippen molar-refractivity contribution in [1.82, 2.24) is 20.2 Å². The van der Waals surface area contributed by atoms with Crippen LogP contribution in [0.15, 0.2) is 52.9 Å². The second-order valence-corrected chi connectivity index (χ2v) is 5.17. The number of para-hydroxylation sites is 2. The van der Waals surface area contributed by atoms with Crippen LogP contribution in [-0.4, -0.2) is 20.2 Å². The molecule has 0 saturated heterocycles. The second-order valence-electron chi connectivity index (χ2n) is 5.17. The van der Waals surface area contributed by atoms with E-state index in [4.69, 9.17) is 10.2 Å². The van der Waals surface area contributed by atoms with E-state index in [0.29, 0.717) is 11.6 Å². The Hall–Kier alpha value is -3.28. The fraction of sp³-hybridized carbons (Fsp3) is 0.0588. The average molecular weight is 303 g/mol. The van der Waals surface area contributed by atoms with Crippen molar-refractivity contribution in [1.29, 1.82) is 0 Å². The molecule has 0 unspecified atom stereocenters. The van der Waals surface area contributed by atoms with Gasteiger partial charge in [-0.1, -0.05) is 30.3 Å². The molecular weight excluding hydrogens is 290 g/mol. The number of rotatable bonds is 2. The lowest BCUT2D eigenvalue weighted by atomic mass is 10.1. The van der Waals surface area contributed by atoms with Crippen LogP contribution in [0.5, 0.6) is 0 Å². The summed E-state index contributed by atoms with van der Waals surface area (Å²) in [5.41, 5.74) is 9.80. The van der Waals surface area contributed by atoms with Crippen LogP contribution in [0.1, 0.15) is 5.56 Å². The summed E-state index contributed by atoms with van der Waals surface area (Å²) in [5, 5.41) is 8.18. The predicted octanol–water partition coefficient (Wildman–Crippen LogP) is 3.24. The highest BCUT2D eigenvalue weighted by molar-refractivity contribution is 5.80. The maximum Gasteiger partial charge on any atom is 0.270 e. The molecule has 23 heavy (non-hydrogen) atoms. The summed E-state index contributed by atoms with van der Waals surface area (Å²) in [6.45, 7) is 1.99. The van der Waals surface area contributed by atoms with E-state index in [-0.39, 0.29) is 11.7 Å². The van der Waals surface area contributed by atoms with E-state index in [1.807, 2.05) is 55.5 Å². The number of fused-ring (bicyclic) bond motifs is 1. The van der Waals surface area contributed by atoms with Crippen molar-refractivity contribution in [3.63, 3.8) is 0 Å². The van der Waals surface area contributed by atoms with E-state index in [1.54, 1.807) is 0 Å². The maximum absolute atomic E-state index is 6.00. The zero-order chi connectivity index (χ0) is 15.8. The van der Waals surface area contributed by atoms with Crippen LogP contribution >= 0.6 is 0 Å². The minimum atomic E-state index is 0.263. The predicted molar refractivity (Wildman–Crippen MR) is 87.4 cm³/mol.